The lowest BCUT2D eigenvalue weighted by Gasteiger charge is -2.62. The monoisotopic (exact) mass is 467 g/mol. The van der Waals surface area contributed by atoms with E-state index in [2.05, 4.69) is 26.5 Å². The lowest BCUT2D eigenvalue weighted by atomic mass is 9.43. The van der Waals surface area contributed by atoms with E-state index in [9.17, 15) is 19.8 Å². The number of aliphatic hydroxyl groups is 2. The zero-order valence-corrected chi connectivity index (χ0v) is 20.6. The van der Waals surface area contributed by atoms with Crippen molar-refractivity contribution in [1.82, 2.24) is 0 Å². The maximum absolute atomic E-state index is 11.2. The van der Waals surface area contributed by atoms with Crippen LogP contribution in [0.2, 0.25) is 0 Å². The molecule has 0 amide bonds. The normalized spacial score (nSPS) is 45.0. The van der Waals surface area contributed by atoms with Crippen molar-refractivity contribution in [1.29, 1.82) is 0 Å². The number of aliphatic carboxylic acids is 2. The van der Waals surface area contributed by atoms with Crippen LogP contribution >= 0.6 is 0 Å². The molecule has 4 fully saturated rings. The second kappa shape index (κ2) is 10.2. The number of carbonyl (C=O) groups is 2. The molecular formula is C26H45NO6. The molecule has 0 aromatic rings. The van der Waals surface area contributed by atoms with E-state index in [1.54, 1.807) is 0 Å². The summed E-state index contributed by atoms with van der Waals surface area (Å²) in [4.78, 5) is 20.3. The minimum absolute atomic E-state index is 0.179. The van der Waals surface area contributed by atoms with Crippen LogP contribution in [0.3, 0.4) is 0 Å². The second-order valence-electron chi connectivity index (χ2n) is 12.0. The molecule has 6 N–H and O–H groups in total. The molecule has 10 atom stereocenters. The number of aliphatic hydroxyl groups excluding tert-OH is 2. The van der Waals surface area contributed by atoms with E-state index in [0.717, 1.165) is 32.1 Å². The summed E-state index contributed by atoms with van der Waals surface area (Å²) in [6, 6.07) is 0. The van der Waals surface area contributed by atoms with Gasteiger partial charge in [0.2, 0.25) is 0 Å². The third-order valence-electron chi connectivity index (χ3n) is 10.4. The Morgan fingerprint density at radius 2 is 1.55 bits per heavy atom. The molecule has 0 aliphatic heterocycles. The zero-order chi connectivity index (χ0) is 24.6. The molecule has 4 aliphatic rings. The summed E-state index contributed by atoms with van der Waals surface area (Å²) >= 11 is 0. The minimum Gasteiger partial charge on any atom is -0.481 e. The molecule has 0 heterocycles. The van der Waals surface area contributed by atoms with Gasteiger partial charge in [-0.2, -0.15) is 0 Å². The summed E-state index contributed by atoms with van der Waals surface area (Å²) in [6.07, 6.45) is 9.19. The Morgan fingerprint density at radius 1 is 0.939 bits per heavy atom. The highest BCUT2D eigenvalue weighted by atomic mass is 16.4. The molecule has 4 aliphatic carbocycles. The predicted octanol–water partition coefficient (Wildman–Crippen LogP) is 3.51. The highest BCUT2D eigenvalue weighted by Gasteiger charge is 2.62. The molecule has 0 aromatic heterocycles. The molecule has 7 nitrogen and oxygen atoms in total. The standard InChI is InChI=1S/C24H40O4.C2H5NO2/c1-14(4-7-21(27)28)17-5-6-18-22-19(9-11-24(17,18)3)23(2)10-8-16(25)12-15(23)13-20(22)26;3-1-2(4)5/h14-20,22,25-26H,4-13H2,1-3H3,(H,27,28);1,3H2,(H,4,5)/t14-,15?,16-,17-,18?,19?,20-,22?,23+,24-;/m1./s1. The lowest BCUT2D eigenvalue weighted by Crippen LogP contribution is -2.58. The topological polar surface area (TPSA) is 141 Å². The van der Waals surface area contributed by atoms with Crippen molar-refractivity contribution < 1.29 is 30.0 Å². The van der Waals surface area contributed by atoms with Crippen LogP contribution in [0.1, 0.15) is 85.0 Å². The number of hydrogen-bond donors (Lipinski definition) is 5. The number of carboxylic acids is 2. The fourth-order valence-electron chi connectivity index (χ4n) is 8.73. The smallest absolute Gasteiger partial charge is 0.317 e. The largest absolute Gasteiger partial charge is 0.481 e. The summed E-state index contributed by atoms with van der Waals surface area (Å²) in [5, 5.41) is 38.1. The van der Waals surface area contributed by atoms with Crippen molar-refractivity contribution in [2.45, 2.75) is 97.2 Å². The van der Waals surface area contributed by atoms with E-state index in [1.165, 1.54) is 25.7 Å². The van der Waals surface area contributed by atoms with Crippen molar-refractivity contribution in [2.24, 2.45) is 52.1 Å². The van der Waals surface area contributed by atoms with Crippen LogP contribution in [0.5, 0.6) is 0 Å². The molecule has 0 bridgehead atoms. The number of fused-ring (bicyclic) bond motifs is 5. The Morgan fingerprint density at radius 3 is 2.15 bits per heavy atom. The van der Waals surface area contributed by atoms with Crippen LogP contribution in [-0.4, -0.2) is 51.1 Å². The van der Waals surface area contributed by atoms with Crippen molar-refractivity contribution >= 4 is 11.9 Å². The maximum atomic E-state index is 11.2. The van der Waals surface area contributed by atoms with Crippen LogP contribution in [0.4, 0.5) is 0 Å². The molecule has 4 saturated carbocycles. The Labute approximate surface area is 198 Å². The van der Waals surface area contributed by atoms with E-state index in [4.69, 9.17) is 10.2 Å². The molecule has 0 radical (unpaired) electrons. The first-order chi connectivity index (χ1) is 15.4. The number of hydrogen-bond acceptors (Lipinski definition) is 5. The van der Waals surface area contributed by atoms with Gasteiger partial charge in [-0.05, 0) is 104 Å². The van der Waals surface area contributed by atoms with Crippen LogP contribution in [0.25, 0.3) is 0 Å². The first-order valence-electron chi connectivity index (χ1n) is 12.9. The molecule has 190 valence electrons. The summed E-state index contributed by atoms with van der Waals surface area (Å²) in [7, 11) is 0. The Hall–Kier alpha value is -1.18. The van der Waals surface area contributed by atoms with Crippen molar-refractivity contribution in [3.8, 4) is 0 Å². The van der Waals surface area contributed by atoms with Crippen LogP contribution in [0.15, 0.2) is 0 Å². The van der Waals surface area contributed by atoms with Crippen molar-refractivity contribution in [3.05, 3.63) is 0 Å². The summed E-state index contributed by atoms with van der Waals surface area (Å²) in [6.45, 7) is 6.89. The predicted molar refractivity (Wildman–Crippen MR) is 125 cm³/mol. The van der Waals surface area contributed by atoms with Crippen molar-refractivity contribution in [2.75, 3.05) is 6.54 Å². The number of nitrogens with two attached hydrogens (primary N) is 1. The first kappa shape index (κ1) is 26.4. The van der Waals surface area contributed by atoms with E-state index in [-0.39, 0.29) is 36.0 Å². The van der Waals surface area contributed by atoms with Gasteiger partial charge < -0.3 is 26.2 Å². The molecule has 0 spiro atoms. The van der Waals surface area contributed by atoms with Gasteiger partial charge >= 0.3 is 11.9 Å². The van der Waals surface area contributed by atoms with Gasteiger partial charge in [0.25, 0.3) is 0 Å². The van der Waals surface area contributed by atoms with Crippen molar-refractivity contribution in [3.63, 3.8) is 0 Å². The van der Waals surface area contributed by atoms with E-state index in [1.807, 2.05) is 0 Å². The Balaban J connectivity index is 0.000000555. The molecule has 33 heavy (non-hydrogen) atoms. The molecule has 0 aromatic carbocycles. The fourth-order valence-corrected chi connectivity index (χ4v) is 8.73. The molecule has 7 heteroatoms. The van der Waals surface area contributed by atoms with Gasteiger partial charge in [-0.25, -0.2) is 0 Å². The van der Waals surface area contributed by atoms with E-state index < -0.39 is 11.9 Å². The van der Waals surface area contributed by atoms with Crippen LogP contribution in [-0.2, 0) is 9.59 Å². The highest BCUT2D eigenvalue weighted by molar-refractivity contribution is 5.68. The van der Waals surface area contributed by atoms with E-state index >= 15 is 0 Å². The second-order valence-corrected chi connectivity index (χ2v) is 12.0. The zero-order valence-electron chi connectivity index (χ0n) is 20.6. The SMILES string of the molecule is C[C@H](CCC(=O)O)[C@H]1CCC2C3C(CC[C@@]21C)[C@@]1(C)CC[C@@H](O)CC1C[C@H]3O.NCC(=O)O. The third-order valence-corrected chi connectivity index (χ3v) is 10.4. The molecular weight excluding hydrogens is 422 g/mol. The van der Waals surface area contributed by atoms with Gasteiger partial charge in [0.1, 0.15) is 0 Å². The van der Waals surface area contributed by atoms with Crippen LogP contribution in [0, 0.1) is 46.3 Å². The summed E-state index contributed by atoms with van der Waals surface area (Å²) < 4.78 is 0. The molecule has 4 unspecified atom stereocenters. The fraction of sp³-hybridized carbons (Fsp3) is 0.923. The lowest BCUT2D eigenvalue weighted by molar-refractivity contribution is -0.174. The number of rotatable bonds is 5. The Kier molecular flexibility index (Phi) is 8.17. The van der Waals surface area contributed by atoms with Gasteiger partial charge in [-0.3, -0.25) is 9.59 Å². The van der Waals surface area contributed by atoms with Gasteiger partial charge in [0.05, 0.1) is 18.8 Å². The average molecular weight is 468 g/mol. The van der Waals surface area contributed by atoms with E-state index in [0.29, 0.717) is 35.5 Å². The summed E-state index contributed by atoms with van der Waals surface area (Å²) in [5.41, 5.74) is 5.09. The van der Waals surface area contributed by atoms with Gasteiger partial charge in [0, 0.05) is 6.42 Å². The minimum atomic E-state index is -0.968. The van der Waals surface area contributed by atoms with Gasteiger partial charge in [-0.1, -0.05) is 20.8 Å². The molecule has 4 rings (SSSR count). The van der Waals surface area contributed by atoms with Gasteiger partial charge in [0.15, 0.2) is 0 Å². The highest BCUT2D eigenvalue weighted by Crippen LogP contribution is 2.68. The van der Waals surface area contributed by atoms with Crippen LogP contribution < -0.4 is 5.73 Å². The maximum Gasteiger partial charge on any atom is 0.317 e. The average Bonchev–Trinajstić information content (AvgIpc) is 3.11. The quantitative estimate of drug-likeness (QED) is 0.416. The third kappa shape index (κ3) is 5.10. The molecule has 0 saturated heterocycles. The summed E-state index contributed by atoms with van der Waals surface area (Å²) in [5.74, 6) is 1.39. The Bertz CT molecular complexity index is 715. The first-order valence-corrected chi connectivity index (χ1v) is 12.9. The number of carboxylic acid groups (broad SMARTS) is 2. The van der Waals surface area contributed by atoms with Gasteiger partial charge in [-0.15, -0.1) is 0 Å².